The maximum Gasteiger partial charge on any atom is 0.434 e. The highest BCUT2D eigenvalue weighted by Crippen LogP contribution is 2.48. The number of alkyl halides is 6. The second kappa shape index (κ2) is 20.3. The minimum Gasteiger partial charge on any atom is -0.355 e. The number of benzene rings is 4. The third kappa shape index (κ3) is 10.8. The molecule has 8 aromatic rings. The molecule has 0 bridgehead atoms. The molecule has 4 aromatic heterocycles. The zero-order valence-electron chi connectivity index (χ0n) is 36.2. The molecule has 0 unspecified atom stereocenters. The Bertz CT molecular complexity index is 3180. The molecule has 0 spiro atoms. The van der Waals surface area contributed by atoms with Crippen LogP contribution in [0.2, 0.25) is 20.1 Å². The summed E-state index contributed by atoms with van der Waals surface area (Å²) < 4.78 is 137. The van der Waals surface area contributed by atoms with Crippen molar-refractivity contribution >= 4 is 46.4 Å². The van der Waals surface area contributed by atoms with Gasteiger partial charge in [0.15, 0.2) is 22.9 Å². The van der Waals surface area contributed by atoms with Crippen LogP contribution in [0.3, 0.4) is 0 Å². The van der Waals surface area contributed by atoms with E-state index in [0.29, 0.717) is 9.36 Å². The highest BCUT2D eigenvalue weighted by Gasteiger charge is 2.47. The second-order valence-corrected chi connectivity index (χ2v) is 16.8. The van der Waals surface area contributed by atoms with E-state index in [4.69, 9.17) is 64.9 Å². The molecule has 0 aliphatic heterocycles. The van der Waals surface area contributed by atoms with E-state index in [1.165, 1.54) is 93.6 Å². The van der Waals surface area contributed by atoms with Gasteiger partial charge in [0.2, 0.25) is 0 Å². The SMILES string of the molecule is CC(C)OC(O)(O)c1c(-c2c(F)cccc2Cl)noc1-c1cnn(-c2cccc(Cl)c2)c1C(F)(F)F.CCOC(O)(O)c1c(-c2c(F)cccc2Cl)noc1-c1cnn(-c2cccc(Cl)c2)c1C(F)(F)F. The van der Waals surface area contributed by atoms with E-state index < -0.39 is 110 Å². The number of halogens is 12. The Hall–Kier alpha value is -5.92. The van der Waals surface area contributed by atoms with E-state index in [0.717, 1.165) is 24.5 Å². The number of hydrogen-bond donors (Lipinski definition) is 4. The summed E-state index contributed by atoms with van der Waals surface area (Å²) in [5.74, 6) is -9.89. The van der Waals surface area contributed by atoms with Gasteiger partial charge in [-0.3, -0.25) is 0 Å². The van der Waals surface area contributed by atoms with Crippen molar-refractivity contribution in [2.24, 2.45) is 0 Å². The summed E-state index contributed by atoms with van der Waals surface area (Å²) in [4.78, 5) is 0. The molecule has 4 aromatic carbocycles. The molecule has 0 atom stereocenters. The van der Waals surface area contributed by atoms with Gasteiger partial charge in [-0.25, -0.2) is 18.1 Å². The molecule has 0 aliphatic rings. The van der Waals surface area contributed by atoms with Crippen molar-refractivity contribution in [3.8, 4) is 56.5 Å². The molecule has 14 nitrogen and oxygen atoms in total. The van der Waals surface area contributed by atoms with Gasteiger partial charge in [-0.2, -0.15) is 36.5 Å². The van der Waals surface area contributed by atoms with Crippen LogP contribution in [0.4, 0.5) is 35.1 Å². The summed E-state index contributed by atoms with van der Waals surface area (Å²) >= 11 is 24.1. The van der Waals surface area contributed by atoms with Crippen LogP contribution in [-0.2, 0) is 33.8 Å². The van der Waals surface area contributed by atoms with Crippen molar-refractivity contribution in [3.63, 3.8) is 0 Å². The third-order valence-corrected chi connectivity index (χ3v) is 11.0. The van der Waals surface area contributed by atoms with Crippen molar-refractivity contribution in [1.82, 2.24) is 29.9 Å². The molecule has 4 heterocycles. The fourth-order valence-electron chi connectivity index (χ4n) is 7.18. The predicted molar refractivity (Wildman–Crippen MR) is 239 cm³/mol. The van der Waals surface area contributed by atoms with Crippen LogP contribution in [0.1, 0.15) is 43.3 Å². The predicted octanol–water partition coefficient (Wildman–Crippen LogP) is 12.0. The van der Waals surface area contributed by atoms with Crippen molar-refractivity contribution in [1.29, 1.82) is 0 Å². The molecule has 71 heavy (non-hydrogen) atoms. The van der Waals surface area contributed by atoms with Gasteiger partial charge in [0.05, 0.1) is 62.2 Å². The van der Waals surface area contributed by atoms with E-state index in [1.54, 1.807) is 0 Å². The fraction of sp³-hybridized carbons (Fsp3) is 0.200. The molecule has 0 aliphatic carbocycles. The quantitative estimate of drug-likeness (QED) is 0.0671. The van der Waals surface area contributed by atoms with E-state index in [2.05, 4.69) is 20.5 Å². The van der Waals surface area contributed by atoms with Gasteiger partial charge < -0.3 is 38.9 Å². The summed E-state index contributed by atoms with van der Waals surface area (Å²) in [5.41, 5.74) is -7.74. The molecule has 0 saturated heterocycles. The molecular weight excluding hydrogens is 1050 g/mol. The number of aromatic nitrogens is 6. The number of ether oxygens (including phenoxy) is 2. The third-order valence-electron chi connectivity index (χ3n) is 9.85. The second-order valence-electron chi connectivity index (χ2n) is 15.1. The fourth-order valence-corrected chi connectivity index (χ4v) is 8.06. The number of hydrogen-bond acceptors (Lipinski definition) is 12. The molecule has 4 N–H and O–H groups in total. The smallest absolute Gasteiger partial charge is 0.355 e. The summed E-state index contributed by atoms with van der Waals surface area (Å²) in [7, 11) is 0. The lowest BCUT2D eigenvalue weighted by Crippen LogP contribution is -2.32. The lowest BCUT2D eigenvalue weighted by atomic mass is 10.00. The van der Waals surface area contributed by atoms with Crippen LogP contribution in [0.5, 0.6) is 0 Å². The van der Waals surface area contributed by atoms with Crippen LogP contribution in [-0.4, -0.2) is 63.0 Å². The van der Waals surface area contributed by atoms with Gasteiger partial charge in [-0.05, 0) is 81.4 Å². The molecule has 8 rings (SSSR count). The normalized spacial score (nSPS) is 12.5. The zero-order chi connectivity index (χ0) is 52.0. The summed E-state index contributed by atoms with van der Waals surface area (Å²) in [6, 6.07) is 18.1. The average Bonchev–Trinajstić information content (AvgIpc) is 4.08. The number of nitrogens with zero attached hydrogens (tertiary/aromatic N) is 6. The Morgan fingerprint density at radius 2 is 1.00 bits per heavy atom. The molecule has 374 valence electrons. The van der Waals surface area contributed by atoms with Crippen molar-refractivity contribution in [3.05, 3.63) is 152 Å². The molecule has 0 saturated carbocycles. The monoisotopic (exact) mass is 1080 g/mol. The largest absolute Gasteiger partial charge is 0.434 e. The van der Waals surface area contributed by atoms with E-state index >= 15 is 0 Å². The standard InChI is InChI=1S/C23H17Cl2F4N3O4.C22H15Cl2F4N3O4/c1-11(2)35-23(33,34)18-19(17-15(25)7-4-8-16(17)26)31-36-20(18)14-10-30-32(21(14)22(27,28)29)13-6-3-5-12(24)9-13;1-2-34-22(32,33)17-18(16-14(24)7-4-8-15(16)25)30-35-19(17)13-10-29-31(20(13)21(26,27)28)12-6-3-5-11(23)9-12/h3-11,33-34H,1-2H3;3-10,32-33H,2H2,1H3. The lowest BCUT2D eigenvalue weighted by Gasteiger charge is -2.25. The molecule has 0 radical (unpaired) electrons. The maximum atomic E-state index is 14.7. The minimum atomic E-state index is -5.01. The Morgan fingerprint density at radius 3 is 1.35 bits per heavy atom. The number of aliphatic hydroxyl groups is 4. The van der Waals surface area contributed by atoms with E-state index in [9.17, 15) is 55.5 Å². The van der Waals surface area contributed by atoms with Crippen LogP contribution in [0.15, 0.2) is 106 Å². The summed E-state index contributed by atoms with van der Waals surface area (Å²) in [6.07, 6.45) is -9.26. The van der Waals surface area contributed by atoms with Crippen molar-refractivity contribution in [2.45, 2.75) is 51.2 Å². The van der Waals surface area contributed by atoms with Gasteiger partial charge in [0.1, 0.15) is 34.1 Å². The van der Waals surface area contributed by atoms with E-state index in [-0.39, 0.29) is 38.1 Å². The molecule has 26 heteroatoms. The van der Waals surface area contributed by atoms with Gasteiger partial charge in [-0.1, -0.05) is 81.0 Å². The minimum absolute atomic E-state index is 0.0291. The van der Waals surface area contributed by atoms with Crippen LogP contribution in [0, 0.1) is 11.6 Å². The van der Waals surface area contributed by atoms with Crippen molar-refractivity contribution in [2.75, 3.05) is 6.61 Å². The van der Waals surface area contributed by atoms with Gasteiger partial charge in [0, 0.05) is 16.7 Å². The Morgan fingerprint density at radius 1 is 0.606 bits per heavy atom. The van der Waals surface area contributed by atoms with Gasteiger partial charge in [-0.15, -0.1) is 0 Å². The van der Waals surface area contributed by atoms with Crippen LogP contribution < -0.4 is 0 Å². The lowest BCUT2D eigenvalue weighted by molar-refractivity contribution is -0.362. The van der Waals surface area contributed by atoms with Crippen LogP contribution >= 0.6 is 46.4 Å². The topological polar surface area (TPSA) is 187 Å². The van der Waals surface area contributed by atoms with Crippen LogP contribution in [0.25, 0.3) is 56.5 Å². The molecule has 0 fully saturated rings. The summed E-state index contributed by atoms with van der Waals surface area (Å²) in [5, 5.41) is 57.7. The Balaban J connectivity index is 0.000000209. The molecular formula is C45H32Cl4F8N6O8. The number of rotatable bonds is 12. The van der Waals surface area contributed by atoms with Gasteiger partial charge >= 0.3 is 24.3 Å². The zero-order valence-corrected chi connectivity index (χ0v) is 39.2. The highest BCUT2D eigenvalue weighted by atomic mass is 35.5. The first-order chi connectivity index (χ1) is 33.3. The first-order valence-electron chi connectivity index (χ1n) is 20.2. The van der Waals surface area contributed by atoms with Gasteiger partial charge in [0.25, 0.3) is 0 Å². The first-order valence-corrected chi connectivity index (χ1v) is 21.7. The summed E-state index contributed by atoms with van der Waals surface area (Å²) in [6.45, 7) is 4.02. The highest BCUT2D eigenvalue weighted by molar-refractivity contribution is 6.34. The molecule has 0 amide bonds. The Kier molecular flexibility index (Phi) is 15.1. The maximum absolute atomic E-state index is 14.7. The first kappa shape index (κ1) is 52.9. The average molecular weight is 1080 g/mol. The Labute approximate surface area is 414 Å². The van der Waals surface area contributed by atoms with Crippen molar-refractivity contribution < 1.29 is 74.1 Å². The van der Waals surface area contributed by atoms with E-state index in [1.807, 2.05) is 0 Å².